The van der Waals surface area contributed by atoms with Crippen molar-refractivity contribution in [2.75, 3.05) is 38.3 Å². The van der Waals surface area contributed by atoms with Gasteiger partial charge in [0, 0.05) is 38.2 Å². The van der Waals surface area contributed by atoms with Gasteiger partial charge in [-0.2, -0.15) is 0 Å². The molecule has 5 rings (SSSR count). The Bertz CT molecular complexity index is 1410. The average Bonchev–Trinajstić information content (AvgIpc) is 3.63. The second-order valence-corrected chi connectivity index (χ2v) is 11.8. The molecule has 46 heavy (non-hydrogen) atoms. The normalized spacial score (nSPS) is 15.7. The van der Waals surface area contributed by atoms with E-state index in [1.165, 1.54) is 0 Å². The first-order valence-electron chi connectivity index (χ1n) is 16.5. The lowest BCUT2D eigenvalue weighted by atomic mass is 10.0. The number of ether oxygens (including phenoxy) is 3. The van der Waals surface area contributed by atoms with E-state index >= 15 is 0 Å². The van der Waals surface area contributed by atoms with Gasteiger partial charge in [0.25, 0.3) is 0 Å². The van der Waals surface area contributed by atoms with Gasteiger partial charge >= 0.3 is 6.09 Å². The first kappa shape index (κ1) is 33.0. The molecule has 1 saturated heterocycles. The highest BCUT2D eigenvalue weighted by Gasteiger charge is 2.27. The molecule has 2 aliphatic heterocycles. The highest BCUT2D eigenvalue weighted by atomic mass is 16.7. The Balaban J connectivity index is 1.10. The summed E-state index contributed by atoms with van der Waals surface area (Å²) in [6, 6.07) is 27.7. The van der Waals surface area contributed by atoms with Crippen LogP contribution in [0.1, 0.15) is 51.0 Å². The van der Waals surface area contributed by atoms with E-state index in [1.54, 1.807) is 11.3 Å². The number of unbranched alkanes of at least 4 members (excludes halogenated alkanes) is 2. The van der Waals surface area contributed by atoms with Crippen molar-refractivity contribution in [3.63, 3.8) is 0 Å². The zero-order chi connectivity index (χ0) is 32.0. The van der Waals surface area contributed by atoms with Crippen molar-refractivity contribution in [3.8, 4) is 11.1 Å². The Hall–Kier alpha value is -4.34. The van der Waals surface area contributed by atoms with Crippen molar-refractivity contribution in [1.29, 1.82) is 0 Å². The third-order valence-electron chi connectivity index (χ3n) is 8.42. The zero-order valence-electron chi connectivity index (χ0n) is 26.7. The second-order valence-electron chi connectivity index (χ2n) is 11.8. The molecule has 1 unspecified atom stereocenters. The van der Waals surface area contributed by atoms with Crippen LogP contribution in [0.3, 0.4) is 0 Å². The standard InChI is InChI=1S/C37H46N4O5/c1-2-3-12-22-41(39-34(35-27-44-28-45-35)26-29-13-6-4-7-14-29)36(42)21-25-40-23-19-31(20-24-40)46-37(43)38-33-18-11-10-17-32(33)30-15-8-5-9-16-30/h4-11,13-18,27,31,34,39H,2-3,12,19-26,28H2,1H3,(H,38,43). The number of hydrazine groups is 1. The number of para-hydroxylation sites is 1. The molecule has 1 fully saturated rings. The monoisotopic (exact) mass is 626 g/mol. The number of carbonyl (C=O) groups is 2. The van der Waals surface area contributed by atoms with E-state index < -0.39 is 6.09 Å². The minimum Gasteiger partial charge on any atom is -0.462 e. The van der Waals surface area contributed by atoms with Crippen molar-refractivity contribution in [1.82, 2.24) is 15.3 Å². The molecule has 0 aromatic heterocycles. The van der Waals surface area contributed by atoms with Gasteiger partial charge in [0.05, 0.1) is 11.7 Å². The van der Waals surface area contributed by atoms with Crippen LogP contribution >= 0.6 is 0 Å². The first-order valence-corrected chi connectivity index (χ1v) is 16.5. The molecule has 244 valence electrons. The van der Waals surface area contributed by atoms with Crippen LogP contribution in [0.15, 0.2) is 97.0 Å². The Morgan fingerprint density at radius 1 is 0.957 bits per heavy atom. The molecule has 0 radical (unpaired) electrons. The third kappa shape index (κ3) is 9.83. The van der Waals surface area contributed by atoms with E-state index in [2.05, 4.69) is 34.7 Å². The number of anilines is 1. The molecule has 2 N–H and O–H groups in total. The van der Waals surface area contributed by atoms with Crippen LogP contribution in [0.2, 0.25) is 0 Å². The average molecular weight is 627 g/mol. The van der Waals surface area contributed by atoms with Gasteiger partial charge < -0.3 is 19.1 Å². The van der Waals surface area contributed by atoms with E-state index in [9.17, 15) is 9.59 Å². The summed E-state index contributed by atoms with van der Waals surface area (Å²) in [6.45, 7) is 5.17. The fourth-order valence-electron chi connectivity index (χ4n) is 5.86. The summed E-state index contributed by atoms with van der Waals surface area (Å²) < 4.78 is 16.9. The minimum atomic E-state index is -0.442. The van der Waals surface area contributed by atoms with Crippen LogP contribution in [-0.2, 0) is 25.4 Å². The number of nitrogens with one attached hydrogen (secondary N) is 2. The van der Waals surface area contributed by atoms with E-state index in [4.69, 9.17) is 14.2 Å². The van der Waals surface area contributed by atoms with Gasteiger partial charge in [-0.25, -0.2) is 10.2 Å². The SMILES string of the molecule is CCCCCN(NC(Cc1ccccc1)C1=COCO1)C(=O)CCN1CCC(OC(=O)Nc2ccccc2-c2ccccc2)CC1. The van der Waals surface area contributed by atoms with Crippen molar-refractivity contribution < 1.29 is 23.8 Å². The van der Waals surface area contributed by atoms with Crippen LogP contribution in [0.5, 0.6) is 0 Å². The lowest BCUT2D eigenvalue weighted by Crippen LogP contribution is -2.51. The number of hydrogen-bond acceptors (Lipinski definition) is 7. The summed E-state index contributed by atoms with van der Waals surface area (Å²) in [6.07, 6.45) is 6.61. The molecule has 2 aliphatic rings. The molecule has 0 saturated carbocycles. The maximum Gasteiger partial charge on any atom is 0.411 e. The number of piperidine rings is 1. The molecule has 9 nitrogen and oxygen atoms in total. The highest BCUT2D eigenvalue weighted by Crippen LogP contribution is 2.28. The maximum absolute atomic E-state index is 13.6. The molecule has 0 aliphatic carbocycles. The molecule has 1 atom stereocenters. The van der Waals surface area contributed by atoms with Gasteiger partial charge in [-0.1, -0.05) is 98.6 Å². The number of nitrogens with zero attached hydrogens (tertiary/aromatic N) is 2. The Morgan fingerprint density at radius 2 is 1.67 bits per heavy atom. The largest absolute Gasteiger partial charge is 0.462 e. The maximum atomic E-state index is 13.6. The van der Waals surface area contributed by atoms with Gasteiger partial charge in [0.1, 0.15) is 12.4 Å². The van der Waals surface area contributed by atoms with E-state index in [-0.39, 0.29) is 24.8 Å². The summed E-state index contributed by atoms with van der Waals surface area (Å²) in [7, 11) is 0. The lowest BCUT2D eigenvalue weighted by Gasteiger charge is -2.33. The Kier molecular flexibility index (Phi) is 12.5. The predicted molar refractivity (Wildman–Crippen MR) is 179 cm³/mol. The zero-order valence-corrected chi connectivity index (χ0v) is 26.7. The number of likely N-dealkylation sites (tertiary alicyclic amines) is 1. The number of rotatable bonds is 15. The Labute approximate surface area is 272 Å². The molecule has 2 heterocycles. The fourth-order valence-corrected chi connectivity index (χ4v) is 5.86. The van der Waals surface area contributed by atoms with Crippen LogP contribution < -0.4 is 10.7 Å². The van der Waals surface area contributed by atoms with E-state index in [1.807, 2.05) is 72.8 Å². The first-order chi connectivity index (χ1) is 22.6. The van der Waals surface area contributed by atoms with Crippen LogP contribution in [0, 0.1) is 0 Å². The molecular formula is C37H46N4O5. The van der Waals surface area contributed by atoms with Gasteiger partial charge in [-0.15, -0.1) is 0 Å². The quantitative estimate of drug-likeness (QED) is 0.143. The Morgan fingerprint density at radius 3 is 2.39 bits per heavy atom. The highest BCUT2D eigenvalue weighted by molar-refractivity contribution is 5.91. The van der Waals surface area contributed by atoms with Gasteiger partial charge in [0.2, 0.25) is 12.7 Å². The fraction of sp³-hybridized carbons (Fsp3) is 0.405. The lowest BCUT2D eigenvalue weighted by molar-refractivity contribution is -0.135. The minimum absolute atomic E-state index is 0.0588. The van der Waals surface area contributed by atoms with Crippen molar-refractivity contribution >= 4 is 17.7 Å². The predicted octanol–water partition coefficient (Wildman–Crippen LogP) is 6.74. The van der Waals surface area contributed by atoms with Gasteiger partial charge in [-0.3, -0.25) is 15.1 Å². The van der Waals surface area contributed by atoms with Crippen molar-refractivity contribution in [2.45, 2.75) is 64.0 Å². The van der Waals surface area contributed by atoms with Crippen LogP contribution in [0.4, 0.5) is 10.5 Å². The smallest absolute Gasteiger partial charge is 0.411 e. The van der Waals surface area contributed by atoms with E-state index in [0.717, 1.165) is 67.6 Å². The summed E-state index contributed by atoms with van der Waals surface area (Å²) in [5.41, 5.74) is 7.34. The van der Waals surface area contributed by atoms with Crippen molar-refractivity contribution in [2.24, 2.45) is 0 Å². The number of amides is 2. The van der Waals surface area contributed by atoms with Crippen LogP contribution in [-0.4, -0.2) is 67.0 Å². The topological polar surface area (TPSA) is 92.4 Å². The van der Waals surface area contributed by atoms with Gasteiger partial charge in [-0.05, 0) is 42.9 Å². The number of hydrogen-bond donors (Lipinski definition) is 2. The number of carbonyl (C=O) groups excluding carboxylic acids is 2. The molecule has 2 amide bonds. The molecule has 3 aromatic carbocycles. The molecule has 0 spiro atoms. The molecule has 9 heteroatoms. The van der Waals surface area contributed by atoms with E-state index in [0.29, 0.717) is 31.7 Å². The summed E-state index contributed by atoms with van der Waals surface area (Å²) in [5, 5.41) is 4.72. The molecular weight excluding hydrogens is 580 g/mol. The van der Waals surface area contributed by atoms with Gasteiger partial charge in [0.15, 0.2) is 5.76 Å². The van der Waals surface area contributed by atoms with Crippen molar-refractivity contribution in [3.05, 3.63) is 103 Å². The molecule has 3 aromatic rings. The summed E-state index contributed by atoms with van der Waals surface area (Å²) in [5.74, 6) is 0.760. The second kappa shape index (κ2) is 17.4. The van der Waals surface area contributed by atoms with Crippen LogP contribution in [0.25, 0.3) is 11.1 Å². The summed E-state index contributed by atoms with van der Waals surface area (Å²) >= 11 is 0. The summed E-state index contributed by atoms with van der Waals surface area (Å²) in [4.78, 5) is 28.7. The number of benzene rings is 3. The molecule has 0 bridgehead atoms. The third-order valence-corrected chi connectivity index (χ3v) is 8.42.